The zero-order valence-corrected chi connectivity index (χ0v) is 14.1. The van der Waals surface area contributed by atoms with Gasteiger partial charge in [-0.1, -0.05) is 12.1 Å². The van der Waals surface area contributed by atoms with Crippen LogP contribution in [0.4, 0.5) is 11.4 Å². The molecule has 1 amide bonds. The van der Waals surface area contributed by atoms with Gasteiger partial charge in [-0.3, -0.25) is 14.1 Å². The van der Waals surface area contributed by atoms with Gasteiger partial charge in [-0.2, -0.15) is 0 Å². The van der Waals surface area contributed by atoms with E-state index in [1.165, 1.54) is 6.20 Å². The molecule has 0 atom stereocenters. The number of pyridine rings is 1. The third-order valence-electron chi connectivity index (χ3n) is 3.27. The van der Waals surface area contributed by atoms with Crippen molar-refractivity contribution in [2.75, 3.05) is 22.4 Å². The molecule has 0 saturated heterocycles. The van der Waals surface area contributed by atoms with Crippen molar-refractivity contribution in [3.05, 3.63) is 53.9 Å². The highest BCUT2D eigenvalue weighted by Crippen LogP contribution is 2.23. The fourth-order valence-electron chi connectivity index (χ4n) is 2.14. The van der Waals surface area contributed by atoms with E-state index in [1.807, 2.05) is 26.0 Å². The summed E-state index contributed by atoms with van der Waals surface area (Å²) in [6.07, 6.45) is 4.18. The number of amides is 1. The smallest absolute Gasteiger partial charge is 0.245 e. The van der Waals surface area contributed by atoms with Crippen LogP contribution in [-0.2, 0) is 14.8 Å². The molecule has 1 N–H and O–H groups in total. The first kappa shape index (κ1) is 17.0. The van der Waals surface area contributed by atoms with Crippen LogP contribution in [0.15, 0.2) is 42.7 Å². The van der Waals surface area contributed by atoms with E-state index in [0.717, 1.165) is 21.7 Å². The molecule has 0 saturated carbocycles. The molecule has 0 spiro atoms. The minimum absolute atomic E-state index is 0.294. The molecule has 0 aliphatic carbocycles. The minimum Gasteiger partial charge on any atom is -0.323 e. The van der Waals surface area contributed by atoms with Crippen LogP contribution < -0.4 is 9.62 Å². The Labute approximate surface area is 136 Å². The summed E-state index contributed by atoms with van der Waals surface area (Å²) < 4.78 is 25.3. The summed E-state index contributed by atoms with van der Waals surface area (Å²) in [5.74, 6) is -0.427. The highest BCUT2D eigenvalue weighted by atomic mass is 32.2. The minimum atomic E-state index is -3.59. The Bertz CT molecular complexity index is 805. The molecule has 0 aliphatic rings. The van der Waals surface area contributed by atoms with E-state index in [-0.39, 0.29) is 6.54 Å². The molecule has 0 bridgehead atoms. The number of anilines is 2. The standard InChI is InChI=1S/C16H19N3O3S/c1-12-6-7-13(2)15(9-12)19(23(3,21)22)11-16(20)18-14-5-4-8-17-10-14/h4-10H,11H2,1-3H3,(H,18,20). The Morgan fingerprint density at radius 1 is 1.26 bits per heavy atom. The number of aryl methyl sites for hydroxylation is 2. The third-order valence-corrected chi connectivity index (χ3v) is 4.39. The maximum atomic E-state index is 12.2. The summed E-state index contributed by atoms with van der Waals surface area (Å²) in [5, 5.41) is 2.64. The first-order chi connectivity index (χ1) is 10.8. The highest BCUT2D eigenvalue weighted by Gasteiger charge is 2.22. The summed E-state index contributed by atoms with van der Waals surface area (Å²) in [7, 11) is -3.59. The molecule has 122 valence electrons. The van der Waals surface area contributed by atoms with Crippen molar-refractivity contribution in [3.8, 4) is 0 Å². The van der Waals surface area contributed by atoms with E-state index in [0.29, 0.717) is 11.4 Å². The van der Waals surface area contributed by atoms with Gasteiger partial charge in [0.05, 0.1) is 23.8 Å². The maximum Gasteiger partial charge on any atom is 0.245 e. The second-order valence-electron chi connectivity index (χ2n) is 5.35. The van der Waals surface area contributed by atoms with Crippen LogP contribution in [0.25, 0.3) is 0 Å². The third kappa shape index (κ3) is 4.53. The van der Waals surface area contributed by atoms with Gasteiger partial charge in [0.2, 0.25) is 15.9 Å². The maximum absolute atomic E-state index is 12.2. The van der Waals surface area contributed by atoms with Crippen LogP contribution in [0.2, 0.25) is 0 Å². The quantitative estimate of drug-likeness (QED) is 0.909. The molecule has 1 aromatic heterocycles. The first-order valence-corrected chi connectivity index (χ1v) is 8.87. The van der Waals surface area contributed by atoms with E-state index < -0.39 is 15.9 Å². The Morgan fingerprint density at radius 2 is 2.00 bits per heavy atom. The van der Waals surface area contributed by atoms with Crippen LogP contribution in [-0.4, -0.2) is 32.1 Å². The van der Waals surface area contributed by atoms with E-state index in [1.54, 1.807) is 24.4 Å². The summed E-state index contributed by atoms with van der Waals surface area (Å²) in [6.45, 7) is 3.39. The molecule has 1 aromatic carbocycles. The van der Waals surface area contributed by atoms with Gasteiger partial charge in [0.15, 0.2) is 0 Å². The number of carbonyl (C=O) groups excluding carboxylic acids is 1. The largest absolute Gasteiger partial charge is 0.323 e. The zero-order valence-electron chi connectivity index (χ0n) is 13.3. The molecule has 7 heteroatoms. The van der Waals surface area contributed by atoms with Crippen molar-refractivity contribution in [2.24, 2.45) is 0 Å². The van der Waals surface area contributed by atoms with E-state index in [9.17, 15) is 13.2 Å². The second kappa shape index (κ2) is 6.78. The molecular formula is C16H19N3O3S. The van der Waals surface area contributed by atoms with Gasteiger partial charge in [0.1, 0.15) is 6.54 Å². The zero-order chi connectivity index (χ0) is 17.0. The topological polar surface area (TPSA) is 79.4 Å². The Hall–Kier alpha value is -2.41. The van der Waals surface area contributed by atoms with Gasteiger partial charge >= 0.3 is 0 Å². The van der Waals surface area contributed by atoms with E-state index >= 15 is 0 Å². The van der Waals surface area contributed by atoms with Gasteiger partial charge < -0.3 is 5.32 Å². The van der Waals surface area contributed by atoms with Gasteiger partial charge in [0, 0.05) is 6.20 Å². The molecule has 6 nitrogen and oxygen atoms in total. The Morgan fingerprint density at radius 3 is 2.61 bits per heavy atom. The number of sulfonamides is 1. The van der Waals surface area contributed by atoms with Crippen LogP contribution >= 0.6 is 0 Å². The van der Waals surface area contributed by atoms with Crippen molar-refractivity contribution < 1.29 is 13.2 Å². The number of benzene rings is 1. The molecule has 2 aromatic rings. The number of hydrogen-bond donors (Lipinski definition) is 1. The summed E-state index contributed by atoms with van der Waals surface area (Å²) >= 11 is 0. The number of nitrogens with one attached hydrogen (secondary N) is 1. The fourth-order valence-corrected chi connectivity index (χ4v) is 3.04. The van der Waals surface area contributed by atoms with Crippen LogP contribution in [0.3, 0.4) is 0 Å². The highest BCUT2D eigenvalue weighted by molar-refractivity contribution is 7.92. The van der Waals surface area contributed by atoms with Crippen molar-refractivity contribution >= 4 is 27.3 Å². The van der Waals surface area contributed by atoms with Gasteiger partial charge in [-0.05, 0) is 43.2 Å². The average molecular weight is 333 g/mol. The van der Waals surface area contributed by atoms with Gasteiger partial charge in [-0.15, -0.1) is 0 Å². The molecule has 0 radical (unpaired) electrons. The van der Waals surface area contributed by atoms with Crippen LogP contribution in [0, 0.1) is 13.8 Å². The second-order valence-corrected chi connectivity index (χ2v) is 7.26. The molecule has 2 rings (SSSR count). The molecule has 23 heavy (non-hydrogen) atoms. The number of nitrogens with zero attached hydrogens (tertiary/aromatic N) is 2. The van der Waals surface area contributed by atoms with E-state index in [2.05, 4.69) is 10.3 Å². The van der Waals surface area contributed by atoms with Crippen LogP contribution in [0.5, 0.6) is 0 Å². The normalized spacial score (nSPS) is 11.1. The van der Waals surface area contributed by atoms with Gasteiger partial charge in [-0.25, -0.2) is 8.42 Å². The summed E-state index contributed by atoms with van der Waals surface area (Å²) in [5.41, 5.74) is 2.74. The molecule has 1 heterocycles. The molecular weight excluding hydrogens is 314 g/mol. The average Bonchev–Trinajstić information content (AvgIpc) is 2.47. The van der Waals surface area contributed by atoms with Crippen LogP contribution in [0.1, 0.15) is 11.1 Å². The molecule has 0 unspecified atom stereocenters. The van der Waals surface area contributed by atoms with Gasteiger partial charge in [0.25, 0.3) is 0 Å². The fraction of sp³-hybridized carbons (Fsp3) is 0.250. The van der Waals surface area contributed by atoms with Crippen molar-refractivity contribution in [1.29, 1.82) is 0 Å². The number of carbonyl (C=O) groups is 1. The number of aromatic nitrogens is 1. The lowest BCUT2D eigenvalue weighted by molar-refractivity contribution is -0.114. The lowest BCUT2D eigenvalue weighted by Gasteiger charge is -2.24. The lowest BCUT2D eigenvalue weighted by atomic mass is 10.1. The number of rotatable bonds is 5. The number of hydrogen-bond acceptors (Lipinski definition) is 4. The SMILES string of the molecule is Cc1ccc(C)c(N(CC(=O)Nc2cccnc2)S(C)(=O)=O)c1. The lowest BCUT2D eigenvalue weighted by Crippen LogP contribution is -2.37. The predicted molar refractivity (Wildman–Crippen MR) is 91.0 cm³/mol. The van der Waals surface area contributed by atoms with Crippen molar-refractivity contribution in [1.82, 2.24) is 4.98 Å². The van der Waals surface area contributed by atoms with E-state index in [4.69, 9.17) is 0 Å². The monoisotopic (exact) mass is 333 g/mol. The first-order valence-electron chi connectivity index (χ1n) is 7.02. The molecule has 0 fully saturated rings. The molecule has 0 aliphatic heterocycles. The Kier molecular flexibility index (Phi) is 5.00. The van der Waals surface area contributed by atoms with Crippen molar-refractivity contribution in [3.63, 3.8) is 0 Å². The predicted octanol–water partition coefficient (Wildman–Crippen LogP) is 2.10. The summed E-state index contributed by atoms with van der Waals surface area (Å²) in [4.78, 5) is 16.1. The summed E-state index contributed by atoms with van der Waals surface area (Å²) in [6, 6.07) is 8.87. The Balaban J connectivity index is 2.27. The van der Waals surface area contributed by atoms with Crippen molar-refractivity contribution in [2.45, 2.75) is 13.8 Å².